The monoisotopic (exact) mass is 268 g/mol. The molecular weight excluding hydrogens is 240 g/mol. The first-order valence-electron chi connectivity index (χ1n) is 6.42. The van der Waals surface area contributed by atoms with Crippen LogP contribution in [0, 0.1) is 12.3 Å². The van der Waals surface area contributed by atoms with Gasteiger partial charge >= 0.3 is 0 Å². The summed E-state index contributed by atoms with van der Waals surface area (Å²) in [5.41, 5.74) is -0.481. The van der Waals surface area contributed by atoms with Gasteiger partial charge in [-0.3, -0.25) is 0 Å². The molecule has 0 aromatic heterocycles. The van der Waals surface area contributed by atoms with E-state index in [-0.39, 0.29) is 5.04 Å². The summed E-state index contributed by atoms with van der Waals surface area (Å²) >= 11 is 0. The van der Waals surface area contributed by atoms with E-state index < -0.39 is 20.0 Å². The van der Waals surface area contributed by atoms with Crippen molar-refractivity contribution in [1.29, 1.82) is 0 Å². The smallest absolute Gasteiger partial charge is 0.192 e. The SMILES string of the molecule is C#CC[C@](C)(CC(O)C=C)O[Si](C)(C)C(C)(C)C. The van der Waals surface area contributed by atoms with Gasteiger partial charge in [0.25, 0.3) is 0 Å². The molecule has 0 amide bonds. The fourth-order valence-electron chi connectivity index (χ4n) is 1.66. The van der Waals surface area contributed by atoms with Crippen LogP contribution in [0.2, 0.25) is 18.1 Å². The number of hydrogen-bond acceptors (Lipinski definition) is 2. The predicted molar refractivity (Wildman–Crippen MR) is 81.0 cm³/mol. The molecule has 0 aliphatic rings. The summed E-state index contributed by atoms with van der Waals surface area (Å²) in [4.78, 5) is 0. The highest BCUT2D eigenvalue weighted by Gasteiger charge is 2.43. The van der Waals surface area contributed by atoms with Gasteiger partial charge in [-0.1, -0.05) is 26.8 Å². The Morgan fingerprint density at radius 2 is 1.89 bits per heavy atom. The van der Waals surface area contributed by atoms with E-state index in [1.54, 1.807) is 0 Å². The van der Waals surface area contributed by atoms with Gasteiger partial charge in [0.05, 0.1) is 11.7 Å². The summed E-state index contributed by atoms with van der Waals surface area (Å²) < 4.78 is 6.39. The second-order valence-corrected chi connectivity index (χ2v) is 11.4. The van der Waals surface area contributed by atoms with Crippen LogP contribution in [0.15, 0.2) is 12.7 Å². The molecular formula is C15H28O2Si. The normalized spacial score (nSPS) is 17.7. The van der Waals surface area contributed by atoms with Gasteiger partial charge < -0.3 is 9.53 Å². The highest BCUT2D eigenvalue weighted by molar-refractivity contribution is 6.74. The van der Waals surface area contributed by atoms with Crippen molar-refractivity contribution in [3.05, 3.63) is 12.7 Å². The molecule has 2 nitrogen and oxygen atoms in total. The van der Waals surface area contributed by atoms with Crippen molar-refractivity contribution in [1.82, 2.24) is 0 Å². The van der Waals surface area contributed by atoms with Crippen molar-refractivity contribution in [2.24, 2.45) is 0 Å². The van der Waals surface area contributed by atoms with Gasteiger partial charge in [-0.2, -0.15) is 0 Å². The molecule has 1 N–H and O–H groups in total. The van der Waals surface area contributed by atoms with Crippen molar-refractivity contribution in [3.63, 3.8) is 0 Å². The molecule has 1 unspecified atom stereocenters. The van der Waals surface area contributed by atoms with E-state index in [2.05, 4.69) is 46.4 Å². The maximum atomic E-state index is 9.77. The van der Waals surface area contributed by atoms with Gasteiger partial charge in [0, 0.05) is 12.8 Å². The fourth-order valence-corrected chi connectivity index (χ4v) is 3.35. The van der Waals surface area contributed by atoms with Gasteiger partial charge in [0.2, 0.25) is 0 Å². The third kappa shape index (κ3) is 4.97. The molecule has 2 atom stereocenters. The summed E-state index contributed by atoms with van der Waals surface area (Å²) in [6.45, 7) is 16.6. The van der Waals surface area contributed by atoms with Crippen molar-refractivity contribution in [2.45, 2.75) is 70.4 Å². The van der Waals surface area contributed by atoms with E-state index in [4.69, 9.17) is 10.8 Å². The summed E-state index contributed by atoms with van der Waals surface area (Å²) in [6.07, 6.45) is 7.39. The van der Waals surface area contributed by atoms with Gasteiger partial charge in [-0.05, 0) is 25.1 Å². The minimum Gasteiger partial charge on any atom is -0.411 e. The summed E-state index contributed by atoms with van der Waals surface area (Å²) in [5.74, 6) is 2.66. The third-order valence-corrected chi connectivity index (χ3v) is 8.31. The second-order valence-electron chi connectivity index (χ2n) is 6.70. The van der Waals surface area contributed by atoms with Crippen LogP contribution >= 0.6 is 0 Å². The zero-order chi connectivity index (χ0) is 14.6. The highest BCUT2D eigenvalue weighted by atomic mass is 28.4. The Morgan fingerprint density at radius 1 is 1.39 bits per heavy atom. The fraction of sp³-hybridized carbons (Fsp3) is 0.733. The Morgan fingerprint density at radius 3 is 2.22 bits per heavy atom. The van der Waals surface area contributed by atoms with Crippen LogP contribution in [0.25, 0.3) is 0 Å². The van der Waals surface area contributed by atoms with Crippen LogP contribution in [0.3, 0.4) is 0 Å². The van der Waals surface area contributed by atoms with Crippen molar-refractivity contribution in [2.75, 3.05) is 0 Å². The third-order valence-electron chi connectivity index (χ3n) is 3.70. The van der Waals surface area contributed by atoms with Crippen LogP contribution in [-0.4, -0.2) is 25.1 Å². The summed E-state index contributed by atoms with van der Waals surface area (Å²) in [5, 5.41) is 9.90. The van der Waals surface area contributed by atoms with Crippen LogP contribution in [0.4, 0.5) is 0 Å². The number of hydrogen-bond donors (Lipinski definition) is 1. The second kappa shape index (κ2) is 6.05. The number of aliphatic hydroxyl groups excluding tert-OH is 1. The molecule has 0 saturated heterocycles. The summed E-state index contributed by atoms with van der Waals surface area (Å²) in [7, 11) is -1.90. The maximum absolute atomic E-state index is 9.77. The Kier molecular flexibility index (Phi) is 5.86. The first kappa shape index (κ1) is 17.4. The number of terminal acetylenes is 1. The first-order valence-corrected chi connectivity index (χ1v) is 9.32. The largest absolute Gasteiger partial charge is 0.411 e. The van der Waals surface area contributed by atoms with E-state index in [0.717, 1.165) is 0 Å². The Balaban J connectivity index is 5.03. The molecule has 0 heterocycles. The zero-order valence-electron chi connectivity index (χ0n) is 12.7. The first-order chi connectivity index (χ1) is 7.97. The molecule has 0 spiro atoms. The van der Waals surface area contributed by atoms with Crippen LogP contribution in [-0.2, 0) is 4.43 Å². The van der Waals surface area contributed by atoms with Crippen molar-refractivity contribution in [3.8, 4) is 12.3 Å². The molecule has 0 bridgehead atoms. The molecule has 0 radical (unpaired) electrons. The number of aliphatic hydroxyl groups is 1. The van der Waals surface area contributed by atoms with E-state index in [1.165, 1.54) is 6.08 Å². The van der Waals surface area contributed by atoms with Crippen molar-refractivity contribution < 1.29 is 9.53 Å². The lowest BCUT2D eigenvalue weighted by Crippen LogP contribution is -2.49. The molecule has 0 aromatic rings. The molecule has 3 heteroatoms. The molecule has 0 aliphatic carbocycles. The van der Waals surface area contributed by atoms with Crippen LogP contribution in [0.5, 0.6) is 0 Å². The summed E-state index contributed by atoms with van der Waals surface area (Å²) in [6, 6.07) is 0. The lowest BCUT2D eigenvalue weighted by atomic mass is 9.95. The van der Waals surface area contributed by atoms with Crippen LogP contribution < -0.4 is 0 Å². The van der Waals surface area contributed by atoms with E-state index in [9.17, 15) is 5.11 Å². The highest BCUT2D eigenvalue weighted by Crippen LogP contribution is 2.40. The number of rotatable bonds is 6. The zero-order valence-corrected chi connectivity index (χ0v) is 13.7. The van der Waals surface area contributed by atoms with E-state index >= 15 is 0 Å². The molecule has 18 heavy (non-hydrogen) atoms. The topological polar surface area (TPSA) is 29.5 Å². The lowest BCUT2D eigenvalue weighted by Gasteiger charge is -2.44. The van der Waals surface area contributed by atoms with Gasteiger partial charge in [0.1, 0.15) is 0 Å². The quantitative estimate of drug-likeness (QED) is 0.452. The van der Waals surface area contributed by atoms with E-state index in [1.807, 2.05) is 6.92 Å². The Labute approximate surface area is 114 Å². The van der Waals surface area contributed by atoms with E-state index in [0.29, 0.717) is 12.8 Å². The van der Waals surface area contributed by atoms with Crippen molar-refractivity contribution >= 4 is 8.32 Å². The minimum absolute atomic E-state index is 0.127. The van der Waals surface area contributed by atoms with Gasteiger partial charge in [0.15, 0.2) is 8.32 Å². The lowest BCUT2D eigenvalue weighted by molar-refractivity contribution is 0.0318. The standard InChI is InChI=1S/C15H28O2Si/c1-9-11-15(6,12-13(16)10-2)17-18(7,8)14(3,4)5/h1,10,13,16H,2,11-12H2,3-8H3/t13?,15-/m1/s1. The molecule has 0 fully saturated rings. The van der Waals surface area contributed by atoms with Gasteiger partial charge in [-0.25, -0.2) is 0 Å². The maximum Gasteiger partial charge on any atom is 0.192 e. The Hall–Kier alpha value is -0.563. The Bertz CT molecular complexity index is 322. The average Bonchev–Trinajstić information content (AvgIpc) is 2.14. The van der Waals surface area contributed by atoms with Gasteiger partial charge in [-0.15, -0.1) is 18.9 Å². The molecule has 0 aromatic carbocycles. The minimum atomic E-state index is -1.90. The molecule has 104 valence electrons. The predicted octanol–water partition coefficient (Wildman–Crippen LogP) is 3.73. The van der Waals surface area contributed by atoms with Crippen LogP contribution in [0.1, 0.15) is 40.5 Å². The molecule has 0 saturated carbocycles. The average molecular weight is 268 g/mol. The molecule has 0 aliphatic heterocycles. The molecule has 0 rings (SSSR count).